The Balaban J connectivity index is 1.55. The van der Waals surface area contributed by atoms with Crippen molar-refractivity contribution >= 4 is 11.6 Å². The second-order valence-electron chi connectivity index (χ2n) is 6.72. The summed E-state index contributed by atoms with van der Waals surface area (Å²) in [5, 5.41) is 23.4. The Hall–Kier alpha value is -2.70. The highest BCUT2D eigenvalue weighted by Gasteiger charge is 2.32. The number of nitrogens with one attached hydrogen (secondary N) is 1. The van der Waals surface area contributed by atoms with Crippen LogP contribution < -0.4 is 10.1 Å². The number of aliphatic hydroxyl groups excluding tert-OH is 1. The predicted octanol–water partition coefficient (Wildman–Crippen LogP) is 1.66. The van der Waals surface area contributed by atoms with Gasteiger partial charge in [0, 0.05) is 35.3 Å². The van der Waals surface area contributed by atoms with Crippen molar-refractivity contribution in [3.05, 3.63) is 58.7 Å². The maximum atomic E-state index is 12.7. The zero-order valence-corrected chi connectivity index (χ0v) is 14.1. The van der Waals surface area contributed by atoms with Crippen molar-refractivity contribution in [1.29, 1.82) is 0 Å². The van der Waals surface area contributed by atoms with Crippen molar-refractivity contribution < 1.29 is 24.5 Å². The van der Waals surface area contributed by atoms with Crippen LogP contribution in [0.2, 0.25) is 0 Å². The molecule has 2 aromatic carbocycles. The van der Waals surface area contributed by atoms with Crippen molar-refractivity contribution in [2.75, 3.05) is 13.2 Å². The normalized spacial score (nSPS) is 16.8. The van der Waals surface area contributed by atoms with E-state index in [1.165, 1.54) is 12.1 Å². The van der Waals surface area contributed by atoms with Crippen LogP contribution in [0.25, 0.3) is 0 Å². The second kappa shape index (κ2) is 6.55. The number of fused-ring (bicyclic) bond motifs is 2. The number of phenolic OH excluding ortho intramolecular Hbond substituents is 1. The lowest BCUT2D eigenvalue weighted by molar-refractivity contribution is 0.0972. The Kier molecular flexibility index (Phi) is 4.22. The lowest BCUT2D eigenvalue weighted by atomic mass is 9.83. The number of carbonyl (C=O) groups excluding carboxylic acids is 2. The summed E-state index contributed by atoms with van der Waals surface area (Å²) in [6.45, 7) is 0.447. The van der Waals surface area contributed by atoms with Gasteiger partial charge in [0.1, 0.15) is 24.2 Å². The third-order valence-corrected chi connectivity index (χ3v) is 4.64. The highest BCUT2D eigenvalue weighted by Crippen LogP contribution is 2.35. The number of hydrogen-bond donors (Lipinski definition) is 3. The minimum atomic E-state index is -0.702. The molecule has 2 aromatic rings. The topological polar surface area (TPSA) is 95.9 Å². The lowest BCUT2D eigenvalue weighted by Crippen LogP contribution is -2.32. The van der Waals surface area contributed by atoms with Crippen molar-refractivity contribution in [2.45, 2.75) is 25.0 Å². The molecule has 1 saturated carbocycles. The van der Waals surface area contributed by atoms with Gasteiger partial charge in [-0.3, -0.25) is 9.59 Å². The number of ether oxygens (including phenoxy) is 1. The molecule has 0 spiro atoms. The molecule has 1 unspecified atom stereocenters. The molecular formula is C20H19NO5. The average molecular weight is 353 g/mol. The van der Waals surface area contributed by atoms with E-state index in [2.05, 4.69) is 5.32 Å². The molecule has 0 amide bonds. The lowest BCUT2D eigenvalue weighted by Gasteiger charge is -2.20. The van der Waals surface area contributed by atoms with E-state index in [4.69, 9.17) is 4.74 Å². The van der Waals surface area contributed by atoms with Crippen molar-refractivity contribution in [2.24, 2.45) is 0 Å². The number of rotatable bonds is 6. The maximum Gasteiger partial charge on any atom is 0.198 e. The third kappa shape index (κ3) is 3.09. The fraction of sp³-hybridized carbons (Fsp3) is 0.300. The first kappa shape index (κ1) is 16.8. The van der Waals surface area contributed by atoms with E-state index in [-0.39, 0.29) is 46.4 Å². The number of ketones is 2. The number of hydrogen-bond acceptors (Lipinski definition) is 6. The predicted molar refractivity (Wildman–Crippen MR) is 93.9 cm³/mol. The van der Waals surface area contributed by atoms with Crippen LogP contribution in [0.15, 0.2) is 36.4 Å². The van der Waals surface area contributed by atoms with Crippen LogP contribution in [0.3, 0.4) is 0 Å². The van der Waals surface area contributed by atoms with Gasteiger partial charge in [-0.15, -0.1) is 0 Å². The van der Waals surface area contributed by atoms with Gasteiger partial charge in [0.05, 0.1) is 5.56 Å². The molecule has 0 radical (unpaired) electrons. The van der Waals surface area contributed by atoms with Crippen LogP contribution >= 0.6 is 0 Å². The molecule has 6 heteroatoms. The van der Waals surface area contributed by atoms with E-state index in [9.17, 15) is 19.8 Å². The Morgan fingerprint density at radius 2 is 1.77 bits per heavy atom. The first-order chi connectivity index (χ1) is 12.5. The molecule has 0 heterocycles. The van der Waals surface area contributed by atoms with Gasteiger partial charge < -0.3 is 20.3 Å². The minimum absolute atomic E-state index is 0.00278. The Bertz CT molecular complexity index is 888. The standard InChI is InChI=1S/C20H19NO5/c22-12(9-21-11-5-6-11)10-26-13-7-16-18(17(23)8-13)20(25)15-4-2-1-3-14(15)19(16)24/h1-4,7-8,11-12,21-23H,5-6,9-10H2. The van der Waals surface area contributed by atoms with E-state index in [1.807, 2.05) is 0 Å². The molecule has 0 aromatic heterocycles. The van der Waals surface area contributed by atoms with Crippen LogP contribution in [-0.4, -0.2) is 47.1 Å². The van der Waals surface area contributed by atoms with Gasteiger partial charge >= 0.3 is 0 Å². The molecule has 0 bridgehead atoms. The van der Waals surface area contributed by atoms with Gasteiger partial charge in [-0.2, -0.15) is 0 Å². The summed E-state index contributed by atoms with van der Waals surface area (Å²) in [5.74, 6) is -0.761. The largest absolute Gasteiger partial charge is 0.507 e. The van der Waals surface area contributed by atoms with Gasteiger partial charge in [0.2, 0.25) is 0 Å². The van der Waals surface area contributed by atoms with Crippen LogP contribution in [-0.2, 0) is 0 Å². The van der Waals surface area contributed by atoms with Crippen molar-refractivity contribution in [3.8, 4) is 11.5 Å². The first-order valence-corrected chi connectivity index (χ1v) is 8.64. The van der Waals surface area contributed by atoms with Crippen LogP contribution in [0.1, 0.15) is 44.7 Å². The highest BCUT2D eigenvalue weighted by atomic mass is 16.5. The van der Waals surface area contributed by atoms with Gasteiger partial charge in [-0.05, 0) is 18.9 Å². The first-order valence-electron chi connectivity index (χ1n) is 8.64. The number of aromatic hydroxyl groups is 1. The zero-order valence-electron chi connectivity index (χ0n) is 14.1. The summed E-state index contributed by atoms with van der Waals surface area (Å²) in [6, 6.07) is 9.79. The molecule has 3 N–H and O–H groups in total. The fourth-order valence-electron chi connectivity index (χ4n) is 3.10. The van der Waals surface area contributed by atoms with Gasteiger partial charge in [0.25, 0.3) is 0 Å². The number of aliphatic hydroxyl groups is 1. The SMILES string of the molecule is O=C1c2ccccc2C(=O)c2c(O)cc(OCC(O)CNC3CC3)cc21. The summed E-state index contributed by atoms with van der Waals surface area (Å²) in [4.78, 5) is 25.3. The fourth-order valence-corrected chi connectivity index (χ4v) is 3.10. The van der Waals surface area contributed by atoms with Crippen LogP contribution in [0.5, 0.6) is 11.5 Å². The Morgan fingerprint density at radius 3 is 2.46 bits per heavy atom. The molecule has 4 rings (SSSR count). The van der Waals surface area contributed by atoms with E-state index < -0.39 is 6.10 Å². The molecule has 2 aliphatic rings. The quantitative estimate of drug-likeness (QED) is 0.624. The number of phenols is 1. The van der Waals surface area contributed by atoms with E-state index in [0.717, 1.165) is 12.8 Å². The van der Waals surface area contributed by atoms with Crippen molar-refractivity contribution in [1.82, 2.24) is 5.32 Å². The molecule has 2 aliphatic carbocycles. The zero-order chi connectivity index (χ0) is 18.3. The van der Waals surface area contributed by atoms with E-state index in [1.54, 1.807) is 24.3 Å². The molecule has 134 valence electrons. The van der Waals surface area contributed by atoms with Gasteiger partial charge in [-0.25, -0.2) is 0 Å². The van der Waals surface area contributed by atoms with Gasteiger partial charge in [0.15, 0.2) is 11.6 Å². The average Bonchev–Trinajstić information content (AvgIpc) is 3.47. The molecule has 0 saturated heterocycles. The van der Waals surface area contributed by atoms with Crippen LogP contribution in [0, 0.1) is 0 Å². The second-order valence-corrected chi connectivity index (χ2v) is 6.72. The van der Waals surface area contributed by atoms with Crippen molar-refractivity contribution in [3.63, 3.8) is 0 Å². The molecule has 26 heavy (non-hydrogen) atoms. The molecule has 0 aliphatic heterocycles. The maximum absolute atomic E-state index is 12.7. The van der Waals surface area contributed by atoms with E-state index in [0.29, 0.717) is 18.2 Å². The number of carbonyl (C=O) groups is 2. The molecule has 1 atom stereocenters. The summed E-state index contributed by atoms with van der Waals surface area (Å²) in [6.07, 6.45) is 1.56. The molecular weight excluding hydrogens is 334 g/mol. The summed E-state index contributed by atoms with van der Waals surface area (Å²) in [7, 11) is 0. The summed E-state index contributed by atoms with van der Waals surface area (Å²) >= 11 is 0. The van der Waals surface area contributed by atoms with Crippen LogP contribution in [0.4, 0.5) is 0 Å². The monoisotopic (exact) mass is 353 g/mol. The van der Waals surface area contributed by atoms with Gasteiger partial charge in [-0.1, -0.05) is 24.3 Å². The smallest absolute Gasteiger partial charge is 0.198 e. The molecule has 1 fully saturated rings. The van der Waals surface area contributed by atoms with E-state index >= 15 is 0 Å². The summed E-state index contributed by atoms with van der Waals surface area (Å²) < 4.78 is 5.53. The number of benzene rings is 2. The molecule has 6 nitrogen and oxygen atoms in total. The third-order valence-electron chi connectivity index (χ3n) is 4.64. The Labute approximate surface area is 150 Å². The summed E-state index contributed by atoms with van der Waals surface area (Å²) in [5.41, 5.74) is 0.719. The Morgan fingerprint density at radius 1 is 1.08 bits per heavy atom. The minimum Gasteiger partial charge on any atom is -0.507 e. The highest BCUT2D eigenvalue weighted by molar-refractivity contribution is 6.29.